The van der Waals surface area contributed by atoms with Crippen molar-refractivity contribution in [2.24, 2.45) is 4.30 Å². The van der Waals surface area contributed by atoms with E-state index in [1.54, 1.807) is 56.6 Å². The van der Waals surface area contributed by atoms with Crippen molar-refractivity contribution in [3.63, 3.8) is 0 Å². The summed E-state index contributed by atoms with van der Waals surface area (Å²) in [5, 5.41) is 7.15. The molecular formula is C57H99BBrCl2LiNS5Si4. The summed E-state index contributed by atoms with van der Waals surface area (Å²) in [6, 6.07) is 0. The Kier molecular flexibility index (Phi) is 35.1. The number of hydrogen-bond donors (Lipinski definition) is 1. The van der Waals surface area contributed by atoms with Gasteiger partial charge in [0.05, 0.1) is 11.9 Å². The fraction of sp³-hybridized carbons (Fsp3) is 0.702. The van der Waals surface area contributed by atoms with Crippen molar-refractivity contribution >= 4 is 160 Å². The number of thiol groups is 1. The maximum absolute atomic E-state index is 5.43. The molecule has 0 saturated carbocycles. The number of halogens is 3. The van der Waals surface area contributed by atoms with Gasteiger partial charge >= 0.3 is 43.6 Å². The third-order valence-electron chi connectivity index (χ3n) is 14.2. The van der Waals surface area contributed by atoms with Gasteiger partial charge < -0.3 is 6.92 Å². The van der Waals surface area contributed by atoms with Gasteiger partial charge in [-0.2, -0.15) is 6.42 Å². The van der Waals surface area contributed by atoms with Gasteiger partial charge in [0.25, 0.3) is 0 Å². The van der Waals surface area contributed by atoms with E-state index in [-0.39, 0.29) is 18.9 Å². The van der Waals surface area contributed by atoms with Crippen LogP contribution in [0, 0.1) is 34.6 Å². The molecule has 0 N–H and O–H groups in total. The molecule has 0 saturated heterocycles. The van der Waals surface area contributed by atoms with E-state index in [0.29, 0.717) is 0 Å². The van der Waals surface area contributed by atoms with Gasteiger partial charge in [0.1, 0.15) is 16.1 Å². The molecule has 6 heterocycles. The molecule has 15 heteroatoms. The molecule has 403 valence electrons. The van der Waals surface area contributed by atoms with Gasteiger partial charge in [0.2, 0.25) is 6.69 Å². The molecule has 0 aromatic carbocycles. The van der Waals surface area contributed by atoms with E-state index in [4.69, 9.17) is 22.2 Å². The van der Waals surface area contributed by atoms with Crippen LogP contribution in [0.1, 0.15) is 194 Å². The van der Waals surface area contributed by atoms with Crippen LogP contribution in [-0.2, 0) is 12.8 Å². The Bertz CT molecular complexity index is 2180. The van der Waals surface area contributed by atoms with Crippen molar-refractivity contribution in [1.29, 1.82) is 0 Å². The number of fused-ring (bicyclic) bond motifs is 6. The Morgan fingerprint density at radius 1 is 0.528 bits per heavy atom. The number of nitrogens with zero attached hydrogens (tertiary/aromatic N) is 1. The maximum Gasteiger partial charge on any atom is 1.00 e. The summed E-state index contributed by atoms with van der Waals surface area (Å²) in [6.07, 6.45) is 33.4. The minimum absolute atomic E-state index is 0. The maximum atomic E-state index is 5.43. The Morgan fingerprint density at radius 2 is 0.806 bits per heavy atom. The van der Waals surface area contributed by atoms with Crippen LogP contribution in [0.4, 0.5) is 0 Å². The molecule has 2 aliphatic rings. The monoisotopic (exact) mass is 1240 g/mol. The van der Waals surface area contributed by atoms with Crippen LogP contribution in [0.5, 0.6) is 0 Å². The topological polar surface area (TPSA) is 12.4 Å². The van der Waals surface area contributed by atoms with Crippen molar-refractivity contribution in [2.45, 2.75) is 261 Å². The number of aryl methyl sites for hydroxylation is 2. The van der Waals surface area contributed by atoms with E-state index in [0.717, 1.165) is 6.42 Å². The minimum Gasteiger partial charge on any atom is -0.343 e. The second-order valence-electron chi connectivity index (χ2n) is 22.8. The molecule has 0 unspecified atom stereocenters. The van der Waals surface area contributed by atoms with Crippen molar-refractivity contribution in [3.8, 4) is 19.5 Å². The van der Waals surface area contributed by atoms with Crippen LogP contribution in [0.15, 0.2) is 8.09 Å². The molecule has 0 spiro atoms. The Balaban J connectivity index is 0.000000583. The summed E-state index contributed by atoms with van der Waals surface area (Å²) in [7, 11) is -0.0742. The fourth-order valence-electron chi connectivity index (χ4n) is 10.5. The first-order valence-corrected chi connectivity index (χ1v) is 46.7. The van der Waals surface area contributed by atoms with Crippen LogP contribution in [0.3, 0.4) is 0 Å². The second-order valence-corrected chi connectivity index (χ2v) is 51.6. The summed E-state index contributed by atoms with van der Waals surface area (Å²) in [6.45, 7) is 39.9. The smallest absolute Gasteiger partial charge is 0.343 e. The van der Waals surface area contributed by atoms with E-state index < -0.39 is 30.9 Å². The number of hydrogen-bond acceptors (Lipinski definition) is 6. The largest absolute Gasteiger partial charge is 1.00 e. The van der Waals surface area contributed by atoms with Gasteiger partial charge in [-0.3, -0.25) is 0 Å². The van der Waals surface area contributed by atoms with Gasteiger partial charge in [-0.25, -0.2) is 0 Å². The van der Waals surface area contributed by atoms with Gasteiger partial charge in [-0.05, 0) is 130 Å². The Morgan fingerprint density at radius 3 is 1.12 bits per heavy atom. The average molecular weight is 1240 g/mol. The molecule has 0 fully saturated rings. The van der Waals surface area contributed by atoms with Crippen LogP contribution < -0.4 is 44.1 Å². The molecule has 2 aliphatic heterocycles. The molecule has 72 heavy (non-hydrogen) atoms. The predicted octanol–water partition coefficient (Wildman–Crippen LogP) is 17.7. The van der Waals surface area contributed by atoms with E-state index in [9.17, 15) is 0 Å². The van der Waals surface area contributed by atoms with E-state index >= 15 is 0 Å². The second kappa shape index (κ2) is 35.3. The molecule has 0 atom stereocenters. The van der Waals surface area contributed by atoms with Crippen molar-refractivity contribution in [3.05, 3.63) is 42.7 Å². The Labute approximate surface area is 501 Å². The summed E-state index contributed by atoms with van der Waals surface area (Å²) < 4.78 is 5.94. The van der Waals surface area contributed by atoms with Crippen LogP contribution in [0.2, 0.25) is 58.9 Å². The number of unbranched alkanes of at least 4 members (excludes halogenated alkanes) is 19. The predicted molar refractivity (Wildman–Crippen MR) is 356 cm³/mol. The molecular weight excluding hydrogens is 1140 g/mol. The third-order valence-corrected chi connectivity index (χ3v) is 31.9. The van der Waals surface area contributed by atoms with Gasteiger partial charge in [0.15, 0.2) is 0 Å². The van der Waals surface area contributed by atoms with Crippen LogP contribution >= 0.6 is 96.2 Å². The molecule has 0 aliphatic carbocycles. The first kappa shape index (κ1) is 71.6. The zero-order valence-corrected chi connectivity index (χ0v) is 60.2. The van der Waals surface area contributed by atoms with E-state index in [1.807, 2.05) is 51.0 Å². The molecule has 0 amide bonds. The average Bonchev–Trinajstić information content (AvgIpc) is 4.08. The first-order valence-electron chi connectivity index (χ1n) is 27.7. The first-order chi connectivity index (χ1) is 33.3. The van der Waals surface area contributed by atoms with Crippen molar-refractivity contribution in [1.82, 2.24) is 0 Å². The summed E-state index contributed by atoms with van der Waals surface area (Å²) in [5.74, 6) is 0. The molecule has 4 aromatic rings. The van der Waals surface area contributed by atoms with E-state index in [1.165, 1.54) is 156 Å². The zero-order valence-electron chi connectivity index (χ0n) is 48.9. The summed E-state index contributed by atoms with van der Waals surface area (Å²) in [4.78, 5) is 9.67. The molecule has 0 bridgehead atoms. The quantitative estimate of drug-likeness (QED) is 0.0236. The normalized spacial score (nSPS) is 13.4. The molecule has 4 aromatic heterocycles. The number of rotatable bonds is 24. The molecule has 1 nitrogen and oxygen atoms in total. The zero-order chi connectivity index (χ0) is 53.7. The standard InChI is InChI=1S/C27H46S2Si2.C24H37BrS2Si.C4H9.C2H6Cl2Si.BHNS.Li/c1-9-10-11-12-13-14-15-16-17-18-19-22-26-24(29-27(22)30(4,5)6)23-25(31(26,7)8)20(2)21(3)28-23;1-6-7-8-9-10-11-12-13-14-15-16-19-23-21(27-24(19)25)20-22(28(23,4)5)17(2)18(3)26-20;1-3-4-2;1-5(2,3)4;1-2-3;/h9-19H2,1-8H3;6-16H2,1-5H3;1,3-4H2,2H3;1-2H3;3H;/q;;-1;;;+1. The van der Waals surface area contributed by atoms with Gasteiger partial charge in [-0.15, -0.1) is 67.5 Å². The summed E-state index contributed by atoms with van der Waals surface area (Å²) >= 11 is 26.4. The minimum atomic E-state index is -1.67. The fourth-order valence-corrected chi connectivity index (χ4v) is 30.7. The van der Waals surface area contributed by atoms with Crippen molar-refractivity contribution < 1.29 is 18.9 Å². The van der Waals surface area contributed by atoms with E-state index in [2.05, 4.69) is 165 Å². The SMILES string of the molecule is CCCCCCCCCCCCc1c(Br)sc2c1[Si](C)(C)c1c-2sc(C)c1C.CCCCCCCCCCCCc1c([Si](C)(C)C)sc2c1[Si](C)(C)c1c-2sc(C)c1C.C[Si](C)(Cl)Cl.[B]=NS.[CH2-]CCC.[Li+]. The van der Waals surface area contributed by atoms with Gasteiger partial charge in [0, 0.05) is 29.3 Å². The molecule has 6 rings (SSSR count). The number of thiophene rings is 4. The van der Waals surface area contributed by atoms with Crippen LogP contribution in [0.25, 0.3) is 19.5 Å². The summed E-state index contributed by atoms with van der Waals surface area (Å²) in [5.41, 5.74) is 6.69. The van der Waals surface area contributed by atoms with Crippen molar-refractivity contribution in [2.75, 3.05) is 0 Å². The third kappa shape index (κ3) is 21.5. The molecule has 1 radical (unpaired) electrons. The Hall–Kier alpha value is 1.54. The van der Waals surface area contributed by atoms with Gasteiger partial charge in [-0.1, -0.05) is 189 Å². The van der Waals surface area contributed by atoms with Crippen LogP contribution in [-0.4, -0.2) is 38.6 Å².